The number of methoxy groups -OCH3 is 2. The number of ether oxygens (including phenoxy) is 2. The largest absolute Gasteiger partial charge is 0.496 e. The first kappa shape index (κ1) is 20.5. The Morgan fingerprint density at radius 1 is 0.767 bits per heavy atom. The summed E-state index contributed by atoms with van der Waals surface area (Å²) in [7, 11) is 3.34. The number of aromatic nitrogens is 3. The monoisotopic (exact) mass is 412 g/mol. The molecule has 162 valence electrons. The van der Waals surface area contributed by atoms with Crippen molar-refractivity contribution in [2.75, 3.05) is 55.5 Å². The Labute approximate surface area is 178 Å². The number of benzene rings is 1. The number of piperidine rings is 2. The molecular weight excluding hydrogens is 380 g/mol. The van der Waals surface area contributed by atoms with Gasteiger partial charge in [-0.05, 0) is 50.7 Å². The zero-order valence-electron chi connectivity index (χ0n) is 18.1. The molecule has 30 heavy (non-hydrogen) atoms. The molecule has 4 rings (SSSR count). The van der Waals surface area contributed by atoms with Crippen LogP contribution in [0.25, 0.3) is 0 Å². The van der Waals surface area contributed by atoms with E-state index in [4.69, 9.17) is 24.4 Å². The van der Waals surface area contributed by atoms with Crippen LogP contribution in [0.1, 0.15) is 44.1 Å². The lowest BCUT2D eigenvalue weighted by Gasteiger charge is -2.30. The van der Waals surface area contributed by atoms with E-state index in [1.54, 1.807) is 14.2 Å². The van der Waals surface area contributed by atoms with Crippen LogP contribution < -0.4 is 24.6 Å². The maximum Gasteiger partial charge on any atom is 0.231 e. The quantitative estimate of drug-likeness (QED) is 0.741. The van der Waals surface area contributed by atoms with Gasteiger partial charge in [-0.25, -0.2) is 0 Å². The fraction of sp³-hybridized carbons (Fsp3) is 0.591. The molecule has 0 bridgehead atoms. The summed E-state index contributed by atoms with van der Waals surface area (Å²) in [4.78, 5) is 18.9. The summed E-state index contributed by atoms with van der Waals surface area (Å²) < 4.78 is 11.0. The van der Waals surface area contributed by atoms with E-state index in [-0.39, 0.29) is 0 Å². The molecule has 0 unspecified atom stereocenters. The number of hydrogen-bond donors (Lipinski definition) is 1. The van der Waals surface area contributed by atoms with Crippen molar-refractivity contribution in [3.05, 3.63) is 23.8 Å². The molecule has 2 aromatic rings. The molecule has 0 aliphatic carbocycles. The highest BCUT2D eigenvalue weighted by Crippen LogP contribution is 2.29. The predicted octanol–water partition coefficient (Wildman–Crippen LogP) is 3.48. The van der Waals surface area contributed by atoms with Gasteiger partial charge >= 0.3 is 0 Å². The van der Waals surface area contributed by atoms with Crippen LogP contribution >= 0.6 is 0 Å². The van der Waals surface area contributed by atoms with Gasteiger partial charge in [-0.3, -0.25) is 0 Å². The summed E-state index contributed by atoms with van der Waals surface area (Å²) >= 11 is 0. The Morgan fingerprint density at radius 3 is 1.73 bits per heavy atom. The fourth-order valence-electron chi connectivity index (χ4n) is 4.17. The highest BCUT2D eigenvalue weighted by molar-refractivity contribution is 5.49. The number of nitrogens with zero attached hydrogens (tertiary/aromatic N) is 5. The fourth-order valence-corrected chi connectivity index (χ4v) is 4.17. The van der Waals surface area contributed by atoms with Gasteiger partial charge in [0.2, 0.25) is 17.8 Å². The predicted molar refractivity (Wildman–Crippen MR) is 119 cm³/mol. The molecule has 2 aliphatic rings. The van der Waals surface area contributed by atoms with Crippen LogP contribution in [0.5, 0.6) is 11.5 Å². The van der Waals surface area contributed by atoms with Gasteiger partial charge in [0.15, 0.2) is 0 Å². The Morgan fingerprint density at radius 2 is 1.27 bits per heavy atom. The minimum Gasteiger partial charge on any atom is -0.496 e. The van der Waals surface area contributed by atoms with E-state index >= 15 is 0 Å². The highest BCUT2D eigenvalue weighted by atomic mass is 16.5. The highest BCUT2D eigenvalue weighted by Gasteiger charge is 2.20. The second-order valence-corrected chi connectivity index (χ2v) is 7.85. The number of anilines is 3. The van der Waals surface area contributed by atoms with Gasteiger partial charge in [-0.2, -0.15) is 15.0 Å². The Hall–Kier alpha value is -2.77. The van der Waals surface area contributed by atoms with Crippen LogP contribution in [-0.4, -0.2) is 55.4 Å². The minimum atomic E-state index is 0.510. The molecule has 0 saturated carbocycles. The molecule has 1 N–H and O–H groups in total. The number of rotatable bonds is 7. The van der Waals surface area contributed by atoms with E-state index < -0.39 is 0 Å². The third-order valence-corrected chi connectivity index (χ3v) is 5.84. The zero-order chi connectivity index (χ0) is 20.8. The lowest BCUT2D eigenvalue weighted by atomic mass is 10.1. The van der Waals surface area contributed by atoms with Gasteiger partial charge in [0, 0.05) is 26.2 Å². The first-order valence-electron chi connectivity index (χ1n) is 11.0. The Bertz CT molecular complexity index is 776. The molecule has 2 fully saturated rings. The van der Waals surface area contributed by atoms with Gasteiger partial charge in [0.05, 0.1) is 26.3 Å². The van der Waals surface area contributed by atoms with Crippen molar-refractivity contribution < 1.29 is 9.47 Å². The van der Waals surface area contributed by atoms with Crippen LogP contribution in [-0.2, 0) is 6.54 Å². The van der Waals surface area contributed by atoms with Crippen molar-refractivity contribution in [1.29, 1.82) is 0 Å². The van der Waals surface area contributed by atoms with Crippen LogP contribution in [0.15, 0.2) is 18.2 Å². The lowest BCUT2D eigenvalue weighted by molar-refractivity contribution is 0.386. The van der Waals surface area contributed by atoms with Crippen molar-refractivity contribution in [2.45, 2.75) is 45.1 Å². The molecule has 2 saturated heterocycles. The van der Waals surface area contributed by atoms with E-state index in [0.717, 1.165) is 55.1 Å². The van der Waals surface area contributed by atoms with Crippen molar-refractivity contribution in [1.82, 2.24) is 15.0 Å². The van der Waals surface area contributed by atoms with Crippen molar-refractivity contribution in [3.8, 4) is 11.5 Å². The third kappa shape index (κ3) is 4.68. The first-order chi connectivity index (χ1) is 14.8. The molecule has 0 spiro atoms. The molecule has 2 aliphatic heterocycles. The maximum atomic E-state index is 5.52. The standard InChI is InChI=1S/C22H32N6O2/c1-29-18-10-9-11-19(30-2)17(18)16-23-20-24-21(27-12-5-3-6-13-27)26-22(25-20)28-14-7-4-8-15-28/h9-11H,3-8,12-16H2,1-2H3,(H,23,24,25,26). The molecule has 0 atom stereocenters. The van der Waals surface area contributed by atoms with Gasteiger partial charge in [-0.15, -0.1) is 0 Å². The molecule has 8 heteroatoms. The Balaban J connectivity index is 1.60. The summed E-state index contributed by atoms with van der Waals surface area (Å²) in [6, 6.07) is 5.80. The first-order valence-corrected chi connectivity index (χ1v) is 11.0. The molecule has 1 aromatic heterocycles. The van der Waals surface area contributed by atoms with E-state index in [1.165, 1.54) is 38.5 Å². The van der Waals surface area contributed by atoms with Crippen molar-refractivity contribution in [2.24, 2.45) is 0 Å². The Kier molecular flexibility index (Phi) is 6.71. The third-order valence-electron chi connectivity index (χ3n) is 5.84. The molecule has 8 nitrogen and oxygen atoms in total. The molecule has 0 amide bonds. The van der Waals surface area contributed by atoms with E-state index in [0.29, 0.717) is 12.5 Å². The van der Waals surface area contributed by atoms with Crippen LogP contribution in [0.2, 0.25) is 0 Å². The van der Waals surface area contributed by atoms with E-state index in [1.807, 2.05) is 18.2 Å². The number of nitrogens with one attached hydrogen (secondary N) is 1. The second kappa shape index (κ2) is 9.82. The molecule has 0 radical (unpaired) electrons. The molecule has 1 aromatic carbocycles. The van der Waals surface area contributed by atoms with Crippen LogP contribution in [0, 0.1) is 0 Å². The summed E-state index contributed by atoms with van der Waals surface area (Å²) in [5, 5.41) is 3.39. The van der Waals surface area contributed by atoms with E-state index in [9.17, 15) is 0 Å². The smallest absolute Gasteiger partial charge is 0.231 e. The van der Waals surface area contributed by atoms with Gasteiger partial charge < -0.3 is 24.6 Å². The van der Waals surface area contributed by atoms with Gasteiger partial charge in [-0.1, -0.05) is 6.07 Å². The SMILES string of the molecule is COc1cccc(OC)c1CNc1nc(N2CCCCC2)nc(N2CCCCC2)n1. The number of hydrogen-bond acceptors (Lipinski definition) is 8. The topological polar surface area (TPSA) is 75.6 Å². The zero-order valence-corrected chi connectivity index (χ0v) is 18.1. The molecule has 3 heterocycles. The van der Waals surface area contributed by atoms with Crippen molar-refractivity contribution >= 4 is 17.8 Å². The normalized spacial score (nSPS) is 17.0. The second-order valence-electron chi connectivity index (χ2n) is 7.85. The van der Waals surface area contributed by atoms with Crippen molar-refractivity contribution in [3.63, 3.8) is 0 Å². The lowest BCUT2D eigenvalue weighted by Crippen LogP contribution is -2.34. The average Bonchev–Trinajstić information content (AvgIpc) is 2.83. The molecular formula is C22H32N6O2. The van der Waals surface area contributed by atoms with Gasteiger partial charge in [0.1, 0.15) is 11.5 Å². The summed E-state index contributed by atoms with van der Waals surface area (Å²) in [5.41, 5.74) is 0.946. The van der Waals surface area contributed by atoms with Crippen LogP contribution in [0.4, 0.5) is 17.8 Å². The summed E-state index contributed by atoms with van der Waals surface area (Å²) in [6.07, 6.45) is 7.30. The van der Waals surface area contributed by atoms with Gasteiger partial charge in [0.25, 0.3) is 0 Å². The van der Waals surface area contributed by atoms with E-state index in [2.05, 4.69) is 15.1 Å². The van der Waals surface area contributed by atoms with Crippen LogP contribution in [0.3, 0.4) is 0 Å². The maximum absolute atomic E-state index is 5.52. The summed E-state index contributed by atoms with van der Waals surface area (Å²) in [5.74, 6) is 3.71. The summed E-state index contributed by atoms with van der Waals surface area (Å²) in [6.45, 7) is 4.52. The average molecular weight is 413 g/mol. The minimum absolute atomic E-state index is 0.510.